The standard InChI is InChI=1S/C16H26N4/c1-9-7-11(20-8-19-9)13(17)12-10(2)15(3,4)16(5,6)14(12)18/h7-8,10,14H,17-18H2,1-6H3/b13-12-. The van der Waals surface area contributed by atoms with Gasteiger partial charge in [0.05, 0.1) is 11.4 Å². The van der Waals surface area contributed by atoms with Crippen LogP contribution in [0.1, 0.15) is 46.0 Å². The van der Waals surface area contributed by atoms with E-state index in [0.29, 0.717) is 11.6 Å². The maximum absolute atomic E-state index is 6.52. The third kappa shape index (κ3) is 1.94. The molecule has 4 heteroatoms. The molecule has 20 heavy (non-hydrogen) atoms. The van der Waals surface area contributed by atoms with Gasteiger partial charge in [0.1, 0.15) is 6.33 Å². The minimum Gasteiger partial charge on any atom is -0.397 e. The molecule has 1 fully saturated rings. The Hall–Kier alpha value is -1.42. The van der Waals surface area contributed by atoms with Gasteiger partial charge in [0.25, 0.3) is 0 Å². The molecule has 0 saturated heterocycles. The lowest BCUT2D eigenvalue weighted by Crippen LogP contribution is -2.41. The molecule has 2 rings (SSSR count). The molecule has 0 aliphatic heterocycles. The second-order valence-corrected chi connectivity index (χ2v) is 7.06. The highest BCUT2D eigenvalue weighted by molar-refractivity contribution is 5.66. The lowest BCUT2D eigenvalue weighted by atomic mass is 9.66. The van der Waals surface area contributed by atoms with Crippen LogP contribution in [-0.2, 0) is 0 Å². The van der Waals surface area contributed by atoms with Crippen molar-refractivity contribution in [2.45, 2.75) is 47.6 Å². The minimum absolute atomic E-state index is 0.00551. The maximum atomic E-state index is 6.52. The Morgan fingerprint density at radius 3 is 2.20 bits per heavy atom. The molecule has 4 nitrogen and oxygen atoms in total. The van der Waals surface area contributed by atoms with Gasteiger partial charge in [-0.15, -0.1) is 0 Å². The summed E-state index contributed by atoms with van der Waals surface area (Å²) < 4.78 is 0. The molecule has 1 aliphatic carbocycles. The Kier molecular flexibility index (Phi) is 3.41. The monoisotopic (exact) mass is 274 g/mol. The molecule has 1 aliphatic rings. The van der Waals surface area contributed by atoms with Gasteiger partial charge < -0.3 is 11.5 Å². The number of rotatable bonds is 1. The summed E-state index contributed by atoms with van der Waals surface area (Å²) in [5.74, 6) is 0.322. The van der Waals surface area contributed by atoms with Crippen molar-refractivity contribution in [1.82, 2.24) is 9.97 Å². The molecular formula is C16H26N4. The van der Waals surface area contributed by atoms with Gasteiger partial charge in [-0.25, -0.2) is 9.97 Å². The molecular weight excluding hydrogens is 248 g/mol. The number of nitrogens with zero attached hydrogens (tertiary/aromatic N) is 2. The number of aryl methyl sites for hydroxylation is 1. The smallest absolute Gasteiger partial charge is 0.116 e. The predicted octanol–water partition coefficient (Wildman–Crippen LogP) is 2.48. The highest BCUT2D eigenvalue weighted by atomic mass is 14.9. The van der Waals surface area contributed by atoms with Crippen LogP contribution in [0, 0.1) is 23.7 Å². The second kappa shape index (κ2) is 4.55. The van der Waals surface area contributed by atoms with E-state index < -0.39 is 0 Å². The molecule has 0 radical (unpaired) electrons. The van der Waals surface area contributed by atoms with E-state index in [1.165, 1.54) is 0 Å². The quantitative estimate of drug-likeness (QED) is 0.824. The highest BCUT2D eigenvalue weighted by Crippen LogP contribution is 2.58. The van der Waals surface area contributed by atoms with Crippen molar-refractivity contribution >= 4 is 5.70 Å². The first-order valence-electron chi connectivity index (χ1n) is 7.15. The zero-order chi connectivity index (χ0) is 15.3. The first-order valence-corrected chi connectivity index (χ1v) is 7.15. The third-order valence-electron chi connectivity index (χ3n) is 5.71. The molecule has 1 aromatic heterocycles. The number of hydrogen-bond donors (Lipinski definition) is 2. The van der Waals surface area contributed by atoms with Crippen molar-refractivity contribution < 1.29 is 0 Å². The van der Waals surface area contributed by atoms with Gasteiger partial charge in [-0.1, -0.05) is 34.6 Å². The average Bonchev–Trinajstić information content (AvgIpc) is 2.48. The Bertz CT molecular complexity index is 535. The SMILES string of the molecule is Cc1cc(/C(N)=C2\C(C)C(C)(C)C(C)(C)C2N)ncn1. The van der Waals surface area contributed by atoms with Crippen molar-refractivity contribution in [3.8, 4) is 0 Å². The van der Waals surface area contributed by atoms with Gasteiger partial charge in [0.15, 0.2) is 0 Å². The topological polar surface area (TPSA) is 77.8 Å². The van der Waals surface area contributed by atoms with E-state index >= 15 is 0 Å². The summed E-state index contributed by atoms with van der Waals surface area (Å²) in [6.07, 6.45) is 1.56. The van der Waals surface area contributed by atoms with Crippen molar-refractivity contribution in [2.75, 3.05) is 0 Å². The number of hydrogen-bond acceptors (Lipinski definition) is 4. The molecule has 0 bridgehead atoms. The Morgan fingerprint density at radius 1 is 1.15 bits per heavy atom. The number of nitrogens with two attached hydrogens (primary N) is 2. The van der Waals surface area contributed by atoms with Crippen LogP contribution in [-0.4, -0.2) is 16.0 Å². The van der Waals surface area contributed by atoms with E-state index in [4.69, 9.17) is 11.5 Å². The summed E-state index contributed by atoms with van der Waals surface area (Å²) in [6, 6.07) is 1.86. The van der Waals surface area contributed by atoms with Crippen LogP contribution in [0.5, 0.6) is 0 Å². The first kappa shape index (κ1) is 15.0. The van der Waals surface area contributed by atoms with Gasteiger partial charge in [0.2, 0.25) is 0 Å². The molecule has 4 N–H and O–H groups in total. The summed E-state index contributed by atoms with van der Waals surface area (Å²) in [4.78, 5) is 8.42. The molecule has 2 unspecified atom stereocenters. The molecule has 2 atom stereocenters. The molecule has 1 aromatic rings. The largest absolute Gasteiger partial charge is 0.397 e. The van der Waals surface area contributed by atoms with Crippen molar-refractivity contribution in [3.63, 3.8) is 0 Å². The molecule has 110 valence electrons. The van der Waals surface area contributed by atoms with Crippen LogP contribution in [0.2, 0.25) is 0 Å². The molecule has 0 amide bonds. The maximum Gasteiger partial charge on any atom is 0.116 e. The van der Waals surface area contributed by atoms with Gasteiger partial charge in [0, 0.05) is 11.7 Å². The Labute approximate surface area is 121 Å². The molecule has 0 spiro atoms. The first-order chi connectivity index (χ1) is 9.10. The summed E-state index contributed by atoms with van der Waals surface area (Å²) in [5.41, 5.74) is 16.5. The second-order valence-electron chi connectivity index (χ2n) is 7.06. The fraction of sp³-hybridized carbons (Fsp3) is 0.625. The van der Waals surface area contributed by atoms with E-state index in [2.05, 4.69) is 44.6 Å². The van der Waals surface area contributed by atoms with Crippen LogP contribution in [0.4, 0.5) is 0 Å². The summed E-state index contributed by atoms with van der Waals surface area (Å²) in [6.45, 7) is 13.1. The summed E-state index contributed by atoms with van der Waals surface area (Å²) >= 11 is 0. The Balaban J connectivity index is 2.59. The Morgan fingerprint density at radius 2 is 1.75 bits per heavy atom. The van der Waals surface area contributed by atoms with Crippen molar-refractivity contribution in [1.29, 1.82) is 0 Å². The normalized spacial score (nSPS) is 30.4. The lowest BCUT2D eigenvalue weighted by Gasteiger charge is -2.39. The molecule has 1 heterocycles. The summed E-state index contributed by atoms with van der Waals surface area (Å²) in [5, 5.41) is 0. The zero-order valence-corrected chi connectivity index (χ0v) is 13.4. The van der Waals surface area contributed by atoms with E-state index in [9.17, 15) is 0 Å². The fourth-order valence-electron chi connectivity index (χ4n) is 3.16. The van der Waals surface area contributed by atoms with Gasteiger partial charge in [-0.3, -0.25) is 0 Å². The predicted molar refractivity (Wildman–Crippen MR) is 82.6 cm³/mol. The minimum atomic E-state index is -0.0530. The van der Waals surface area contributed by atoms with Crippen LogP contribution in [0.3, 0.4) is 0 Å². The average molecular weight is 274 g/mol. The third-order valence-corrected chi connectivity index (χ3v) is 5.71. The van der Waals surface area contributed by atoms with Gasteiger partial charge >= 0.3 is 0 Å². The zero-order valence-electron chi connectivity index (χ0n) is 13.4. The van der Waals surface area contributed by atoms with E-state index in [0.717, 1.165) is 17.0 Å². The van der Waals surface area contributed by atoms with Crippen LogP contribution in [0.25, 0.3) is 5.70 Å². The van der Waals surface area contributed by atoms with Crippen molar-refractivity contribution in [3.05, 3.63) is 29.4 Å². The van der Waals surface area contributed by atoms with Gasteiger partial charge in [-0.2, -0.15) is 0 Å². The lowest BCUT2D eigenvalue weighted by molar-refractivity contribution is 0.106. The van der Waals surface area contributed by atoms with Crippen LogP contribution < -0.4 is 11.5 Å². The summed E-state index contributed by atoms with van der Waals surface area (Å²) in [7, 11) is 0. The van der Waals surface area contributed by atoms with Crippen LogP contribution >= 0.6 is 0 Å². The fourth-order valence-corrected chi connectivity index (χ4v) is 3.16. The highest BCUT2D eigenvalue weighted by Gasteiger charge is 2.55. The molecule has 1 saturated carbocycles. The van der Waals surface area contributed by atoms with E-state index in [1.807, 2.05) is 13.0 Å². The van der Waals surface area contributed by atoms with E-state index in [-0.39, 0.29) is 16.9 Å². The molecule has 0 aromatic carbocycles. The van der Waals surface area contributed by atoms with Crippen molar-refractivity contribution in [2.24, 2.45) is 28.2 Å². The van der Waals surface area contributed by atoms with Crippen LogP contribution in [0.15, 0.2) is 18.0 Å². The van der Waals surface area contributed by atoms with Gasteiger partial charge in [-0.05, 0) is 35.3 Å². The number of aromatic nitrogens is 2. The van der Waals surface area contributed by atoms with E-state index in [1.54, 1.807) is 6.33 Å².